The van der Waals surface area contributed by atoms with E-state index in [9.17, 15) is 0 Å². The third kappa shape index (κ3) is 4.48. The Balaban J connectivity index is 2.66. The number of thioether (sulfide) groups is 1. The van der Waals surface area contributed by atoms with Crippen LogP contribution >= 0.6 is 11.8 Å². The minimum Gasteiger partial charge on any atom is -0.384 e. The van der Waals surface area contributed by atoms with Crippen LogP contribution in [0.1, 0.15) is 26.1 Å². The Labute approximate surface area is 94.6 Å². The predicted molar refractivity (Wildman–Crippen MR) is 62.8 cm³/mol. The Morgan fingerprint density at radius 3 is 2.87 bits per heavy atom. The van der Waals surface area contributed by atoms with Crippen LogP contribution in [0.2, 0.25) is 0 Å². The van der Waals surface area contributed by atoms with Crippen LogP contribution in [0.15, 0.2) is 11.1 Å². The van der Waals surface area contributed by atoms with Gasteiger partial charge in [-0.3, -0.25) is 0 Å². The van der Waals surface area contributed by atoms with Gasteiger partial charge in [-0.2, -0.15) is 0 Å². The van der Waals surface area contributed by atoms with Gasteiger partial charge in [-0.15, -0.1) is 11.8 Å². The summed E-state index contributed by atoms with van der Waals surface area (Å²) in [5, 5.41) is 0.930. The number of nitrogens with zero attached hydrogens (tertiary/aromatic N) is 2. The molecule has 0 aromatic carbocycles. The number of hydrogen-bond acceptors (Lipinski definition) is 5. The highest BCUT2D eigenvalue weighted by atomic mass is 32.2. The molecule has 0 atom stereocenters. The number of anilines is 1. The molecule has 1 heterocycles. The standard InChI is InChI=1S/C10H17N3OS/c1-3-5-15-10-6-8(11)12-9(13-10)7-14-4-2/h6H,3-5,7H2,1-2H3,(H2,11,12,13). The number of nitrogen functional groups attached to an aromatic ring is 1. The molecule has 2 N–H and O–H groups in total. The second-order valence-corrected chi connectivity index (χ2v) is 4.15. The van der Waals surface area contributed by atoms with Gasteiger partial charge in [0.1, 0.15) is 17.5 Å². The van der Waals surface area contributed by atoms with Crippen LogP contribution < -0.4 is 5.73 Å². The Morgan fingerprint density at radius 1 is 1.40 bits per heavy atom. The number of hydrogen-bond donors (Lipinski definition) is 1. The molecule has 1 aromatic rings. The van der Waals surface area contributed by atoms with E-state index in [-0.39, 0.29) is 0 Å². The van der Waals surface area contributed by atoms with Gasteiger partial charge < -0.3 is 10.5 Å². The summed E-state index contributed by atoms with van der Waals surface area (Å²) in [5.41, 5.74) is 5.68. The normalized spacial score (nSPS) is 10.5. The summed E-state index contributed by atoms with van der Waals surface area (Å²) in [4.78, 5) is 8.46. The van der Waals surface area contributed by atoms with Crippen molar-refractivity contribution in [1.29, 1.82) is 0 Å². The van der Waals surface area contributed by atoms with Crippen molar-refractivity contribution in [2.24, 2.45) is 0 Å². The summed E-state index contributed by atoms with van der Waals surface area (Å²) in [7, 11) is 0. The average Bonchev–Trinajstić information content (AvgIpc) is 2.23. The summed E-state index contributed by atoms with van der Waals surface area (Å²) in [5.74, 6) is 2.22. The summed E-state index contributed by atoms with van der Waals surface area (Å²) < 4.78 is 5.24. The van der Waals surface area contributed by atoms with Gasteiger partial charge in [0.25, 0.3) is 0 Å². The summed E-state index contributed by atoms with van der Waals surface area (Å²) >= 11 is 1.70. The molecule has 5 heteroatoms. The molecule has 0 aliphatic rings. The molecule has 1 rings (SSSR count). The first-order valence-corrected chi connectivity index (χ1v) is 6.08. The monoisotopic (exact) mass is 227 g/mol. The van der Waals surface area contributed by atoms with Crippen molar-refractivity contribution in [3.63, 3.8) is 0 Å². The van der Waals surface area contributed by atoms with Gasteiger partial charge in [0.2, 0.25) is 0 Å². The van der Waals surface area contributed by atoms with Crippen LogP contribution in [-0.2, 0) is 11.3 Å². The highest BCUT2D eigenvalue weighted by Gasteiger charge is 2.02. The molecule has 84 valence electrons. The van der Waals surface area contributed by atoms with Gasteiger partial charge in [-0.25, -0.2) is 9.97 Å². The second-order valence-electron chi connectivity index (χ2n) is 3.03. The minimum atomic E-state index is 0.432. The lowest BCUT2D eigenvalue weighted by molar-refractivity contribution is 0.128. The van der Waals surface area contributed by atoms with E-state index in [4.69, 9.17) is 10.5 Å². The van der Waals surface area contributed by atoms with Gasteiger partial charge in [0.05, 0.1) is 0 Å². The van der Waals surface area contributed by atoms with E-state index in [1.54, 1.807) is 17.8 Å². The van der Waals surface area contributed by atoms with E-state index in [2.05, 4.69) is 16.9 Å². The topological polar surface area (TPSA) is 61.0 Å². The Bertz CT molecular complexity index is 280. The number of nitrogens with two attached hydrogens (primary N) is 1. The largest absolute Gasteiger partial charge is 0.384 e. The lowest BCUT2D eigenvalue weighted by atomic mass is 10.5. The van der Waals surface area contributed by atoms with Crippen LogP contribution in [0.5, 0.6) is 0 Å². The molecule has 4 nitrogen and oxygen atoms in total. The predicted octanol–water partition coefficient (Wildman–Crippen LogP) is 2.10. The van der Waals surface area contributed by atoms with Crippen LogP contribution in [0.4, 0.5) is 5.82 Å². The highest BCUT2D eigenvalue weighted by molar-refractivity contribution is 7.99. The van der Waals surface area contributed by atoms with Crippen molar-refractivity contribution in [1.82, 2.24) is 9.97 Å². The van der Waals surface area contributed by atoms with E-state index in [1.807, 2.05) is 6.92 Å². The molecule has 0 radical (unpaired) electrons. The fourth-order valence-corrected chi connectivity index (χ4v) is 1.82. The van der Waals surface area contributed by atoms with E-state index < -0.39 is 0 Å². The third-order valence-corrected chi connectivity index (χ3v) is 2.78. The first kappa shape index (κ1) is 12.3. The molecule has 0 fully saturated rings. The van der Waals surface area contributed by atoms with Gasteiger partial charge in [-0.1, -0.05) is 6.92 Å². The molecule has 0 amide bonds. The van der Waals surface area contributed by atoms with Crippen LogP contribution in [0.3, 0.4) is 0 Å². The molecule has 0 unspecified atom stereocenters. The number of rotatable bonds is 6. The SMILES string of the molecule is CCCSc1cc(N)nc(COCC)n1. The molecular weight excluding hydrogens is 210 g/mol. The Morgan fingerprint density at radius 2 is 2.20 bits per heavy atom. The van der Waals surface area contributed by atoms with Crippen molar-refractivity contribution in [3.05, 3.63) is 11.9 Å². The molecule has 0 saturated heterocycles. The van der Waals surface area contributed by atoms with Crippen molar-refractivity contribution in [2.75, 3.05) is 18.1 Å². The lowest BCUT2D eigenvalue weighted by Gasteiger charge is -2.04. The average molecular weight is 227 g/mol. The summed E-state index contributed by atoms with van der Waals surface area (Å²) in [6, 6.07) is 1.80. The molecule has 0 spiro atoms. The van der Waals surface area contributed by atoms with E-state index >= 15 is 0 Å². The molecule has 1 aromatic heterocycles. The Kier molecular flexibility index (Phi) is 5.42. The molecule has 15 heavy (non-hydrogen) atoms. The summed E-state index contributed by atoms with van der Waals surface area (Å²) in [6.07, 6.45) is 1.12. The molecular formula is C10H17N3OS. The van der Waals surface area contributed by atoms with Crippen molar-refractivity contribution in [2.45, 2.75) is 31.9 Å². The third-order valence-electron chi connectivity index (χ3n) is 1.66. The van der Waals surface area contributed by atoms with E-state index in [0.29, 0.717) is 24.9 Å². The first-order valence-electron chi connectivity index (χ1n) is 5.10. The van der Waals surface area contributed by atoms with Gasteiger partial charge in [-0.05, 0) is 19.1 Å². The van der Waals surface area contributed by atoms with Crippen LogP contribution in [0.25, 0.3) is 0 Å². The number of aromatic nitrogens is 2. The lowest BCUT2D eigenvalue weighted by Crippen LogP contribution is -2.03. The molecule has 0 saturated carbocycles. The van der Waals surface area contributed by atoms with Gasteiger partial charge in [0.15, 0.2) is 5.82 Å². The molecule has 0 bridgehead atoms. The fourth-order valence-electron chi connectivity index (χ4n) is 1.03. The van der Waals surface area contributed by atoms with E-state index in [0.717, 1.165) is 17.2 Å². The molecule has 0 aliphatic carbocycles. The zero-order valence-corrected chi connectivity index (χ0v) is 10.0. The quantitative estimate of drug-likeness (QED) is 0.595. The van der Waals surface area contributed by atoms with Crippen molar-refractivity contribution >= 4 is 17.6 Å². The number of ether oxygens (including phenoxy) is 1. The maximum atomic E-state index is 5.68. The maximum Gasteiger partial charge on any atom is 0.157 e. The van der Waals surface area contributed by atoms with Gasteiger partial charge in [0, 0.05) is 12.7 Å². The minimum absolute atomic E-state index is 0.432. The fraction of sp³-hybridized carbons (Fsp3) is 0.600. The zero-order valence-electron chi connectivity index (χ0n) is 9.19. The first-order chi connectivity index (χ1) is 7.26. The van der Waals surface area contributed by atoms with Crippen LogP contribution in [-0.4, -0.2) is 22.3 Å². The molecule has 0 aliphatic heterocycles. The smallest absolute Gasteiger partial charge is 0.157 e. The Hall–Kier alpha value is -0.810. The summed E-state index contributed by atoms with van der Waals surface area (Å²) in [6.45, 7) is 5.18. The highest BCUT2D eigenvalue weighted by Crippen LogP contribution is 2.18. The van der Waals surface area contributed by atoms with Crippen LogP contribution in [0, 0.1) is 0 Å². The van der Waals surface area contributed by atoms with Gasteiger partial charge >= 0.3 is 0 Å². The second kappa shape index (κ2) is 6.63. The van der Waals surface area contributed by atoms with E-state index in [1.165, 1.54) is 0 Å². The zero-order chi connectivity index (χ0) is 11.1. The van der Waals surface area contributed by atoms with Crippen molar-refractivity contribution < 1.29 is 4.74 Å². The van der Waals surface area contributed by atoms with Crippen molar-refractivity contribution in [3.8, 4) is 0 Å². The maximum absolute atomic E-state index is 5.68.